The Labute approximate surface area is 123 Å². The summed E-state index contributed by atoms with van der Waals surface area (Å²) in [5, 5.41) is 11.1. The number of aromatic nitrogens is 1. The summed E-state index contributed by atoms with van der Waals surface area (Å²) in [5.74, 6) is -0.428. The number of rotatable bonds is 5. The highest BCUT2D eigenvalue weighted by molar-refractivity contribution is 8.00. The third-order valence-electron chi connectivity index (χ3n) is 3.89. The highest BCUT2D eigenvalue weighted by Gasteiger charge is 2.23. The van der Waals surface area contributed by atoms with E-state index in [0.29, 0.717) is 11.5 Å². The predicted octanol–water partition coefficient (Wildman–Crippen LogP) is 3.99. The van der Waals surface area contributed by atoms with E-state index in [-0.39, 0.29) is 0 Å². The standard InChI is InChI=1S/C16H19NO2S/c18-16(19)14(9-11-3-1-2-4-11)12-5-8-15(17-10-12)20-13-6-7-13/h5,8-11,13H,1-4,6-7H2,(H,18,19)/b14-9+. The van der Waals surface area contributed by atoms with Gasteiger partial charge in [-0.15, -0.1) is 11.8 Å². The van der Waals surface area contributed by atoms with E-state index in [1.807, 2.05) is 18.2 Å². The second kappa shape index (κ2) is 6.00. The second-order valence-corrected chi connectivity index (χ2v) is 6.95. The quantitative estimate of drug-likeness (QED) is 0.833. The van der Waals surface area contributed by atoms with Gasteiger partial charge >= 0.3 is 5.97 Å². The average Bonchev–Trinajstić information content (AvgIpc) is 3.10. The Balaban J connectivity index is 1.77. The fourth-order valence-corrected chi connectivity index (χ4v) is 3.59. The molecule has 2 fully saturated rings. The van der Waals surface area contributed by atoms with Crippen LogP contribution >= 0.6 is 11.8 Å². The SMILES string of the molecule is O=C(O)/C(=C/C1CCCC1)c1ccc(SC2CC2)nc1. The molecule has 20 heavy (non-hydrogen) atoms. The topological polar surface area (TPSA) is 50.2 Å². The second-order valence-electron chi connectivity index (χ2n) is 5.63. The van der Waals surface area contributed by atoms with E-state index in [1.165, 1.54) is 25.7 Å². The van der Waals surface area contributed by atoms with Gasteiger partial charge in [-0.05, 0) is 43.7 Å². The first-order chi connectivity index (χ1) is 9.72. The lowest BCUT2D eigenvalue weighted by Gasteiger charge is -2.07. The Morgan fingerprint density at radius 3 is 2.55 bits per heavy atom. The van der Waals surface area contributed by atoms with Crippen LogP contribution in [0.25, 0.3) is 5.57 Å². The minimum absolute atomic E-state index is 0.410. The number of hydrogen-bond acceptors (Lipinski definition) is 3. The maximum atomic E-state index is 11.5. The summed E-state index contributed by atoms with van der Waals surface area (Å²) in [5.41, 5.74) is 1.14. The van der Waals surface area contributed by atoms with Gasteiger partial charge in [-0.3, -0.25) is 0 Å². The molecule has 0 radical (unpaired) electrons. The first kappa shape index (κ1) is 13.7. The molecule has 2 saturated carbocycles. The van der Waals surface area contributed by atoms with Crippen LogP contribution in [-0.4, -0.2) is 21.3 Å². The van der Waals surface area contributed by atoms with Gasteiger partial charge in [0.15, 0.2) is 0 Å². The zero-order chi connectivity index (χ0) is 13.9. The smallest absolute Gasteiger partial charge is 0.336 e. The molecule has 3 nitrogen and oxygen atoms in total. The zero-order valence-corrected chi connectivity index (χ0v) is 12.2. The minimum atomic E-state index is -0.846. The highest BCUT2D eigenvalue weighted by Crippen LogP contribution is 2.38. The molecule has 2 aliphatic carbocycles. The molecule has 1 heterocycles. The van der Waals surface area contributed by atoms with Crippen LogP contribution < -0.4 is 0 Å². The average molecular weight is 289 g/mol. The van der Waals surface area contributed by atoms with Gasteiger partial charge in [0.1, 0.15) is 0 Å². The molecule has 3 rings (SSSR count). The number of thioether (sulfide) groups is 1. The summed E-state index contributed by atoms with van der Waals surface area (Å²) < 4.78 is 0. The van der Waals surface area contributed by atoms with Gasteiger partial charge in [0.05, 0.1) is 10.6 Å². The van der Waals surface area contributed by atoms with E-state index >= 15 is 0 Å². The van der Waals surface area contributed by atoms with Crippen LogP contribution in [0.1, 0.15) is 44.1 Å². The molecule has 1 N–H and O–H groups in total. The maximum absolute atomic E-state index is 11.5. The summed E-state index contributed by atoms with van der Waals surface area (Å²) in [4.78, 5) is 15.9. The van der Waals surface area contributed by atoms with E-state index < -0.39 is 5.97 Å². The lowest BCUT2D eigenvalue weighted by atomic mass is 10.00. The summed E-state index contributed by atoms with van der Waals surface area (Å²) in [7, 11) is 0. The first-order valence-electron chi connectivity index (χ1n) is 7.30. The maximum Gasteiger partial charge on any atom is 0.336 e. The normalized spacial score (nSPS) is 20.3. The van der Waals surface area contributed by atoms with Crippen LogP contribution in [0.3, 0.4) is 0 Å². The van der Waals surface area contributed by atoms with Gasteiger partial charge in [-0.2, -0.15) is 0 Å². The van der Waals surface area contributed by atoms with Crippen LogP contribution in [0.5, 0.6) is 0 Å². The number of nitrogens with zero attached hydrogens (tertiary/aromatic N) is 1. The number of carboxylic acid groups (broad SMARTS) is 1. The molecule has 0 aromatic carbocycles. The largest absolute Gasteiger partial charge is 0.478 e. The Bertz CT molecular complexity index is 514. The lowest BCUT2D eigenvalue weighted by molar-refractivity contribution is -0.130. The van der Waals surface area contributed by atoms with Crippen molar-refractivity contribution in [3.05, 3.63) is 30.0 Å². The molecule has 1 aromatic rings. The molecule has 0 saturated heterocycles. The van der Waals surface area contributed by atoms with Gasteiger partial charge in [-0.25, -0.2) is 9.78 Å². The number of carbonyl (C=O) groups is 1. The molecule has 0 atom stereocenters. The third kappa shape index (κ3) is 3.42. The summed E-state index contributed by atoms with van der Waals surface area (Å²) in [6.07, 6.45) is 10.8. The molecule has 2 aliphatic rings. The van der Waals surface area contributed by atoms with Crippen molar-refractivity contribution in [2.75, 3.05) is 0 Å². The molecule has 0 unspecified atom stereocenters. The van der Waals surface area contributed by atoms with Crippen molar-refractivity contribution in [1.82, 2.24) is 4.98 Å². The van der Waals surface area contributed by atoms with Crippen molar-refractivity contribution in [1.29, 1.82) is 0 Å². The van der Waals surface area contributed by atoms with Crippen molar-refractivity contribution < 1.29 is 9.90 Å². The summed E-state index contributed by atoms with van der Waals surface area (Å²) in [6, 6.07) is 3.84. The number of pyridine rings is 1. The fraction of sp³-hybridized carbons (Fsp3) is 0.500. The Morgan fingerprint density at radius 2 is 2.00 bits per heavy atom. The zero-order valence-electron chi connectivity index (χ0n) is 11.4. The molecule has 106 valence electrons. The van der Waals surface area contributed by atoms with Crippen molar-refractivity contribution in [3.8, 4) is 0 Å². The molecular formula is C16H19NO2S. The van der Waals surface area contributed by atoms with Gasteiger partial charge in [0.25, 0.3) is 0 Å². The van der Waals surface area contributed by atoms with Gasteiger partial charge < -0.3 is 5.11 Å². The Hall–Kier alpha value is -1.29. The van der Waals surface area contributed by atoms with Crippen LogP contribution in [0, 0.1) is 5.92 Å². The Kier molecular flexibility index (Phi) is 4.10. The summed E-state index contributed by atoms with van der Waals surface area (Å²) >= 11 is 1.79. The molecule has 4 heteroatoms. The van der Waals surface area contributed by atoms with Gasteiger partial charge in [0, 0.05) is 17.0 Å². The van der Waals surface area contributed by atoms with Gasteiger partial charge in [0.2, 0.25) is 0 Å². The predicted molar refractivity (Wildman–Crippen MR) is 80.7 cm³/mol. The third-order valence-corrected chi connectivity index (χ3v) is 5.18. The van der Waals surface area contributed by atoms with E-state index in [1.54, 1.807) is 18.0 Å². The molecule has 0 amide bonds. The van der Waals surface area contributed by atoms with Crippen molar-refractivity contribution in [2.45, 2.75) is 48.8 Å². The number of aliphatic carboxylic acids is 1. The highest BCUT2D eigenvalue weighted by atomic mass is 32.2. The number of carboxylic acids is 1. The first-order valence-corrected chi connectivity index (χ1v) is 8.18. The fourth-order valence-electron chi connectivity index (χ4n) is 2.62. The lowest BCUT2D eigenvalue weighted by Crippen LogP contribution is -2.03. The van der Waals surface area contributed by atoms with E-state index in [4.69, 9.17) is 0 Å². The molecular weight excluding hydrogens is 270 g/mol. The van der Waals surface area contributed by atoms with Crippen molar-refractivity contribution in [3.63, 3.8) is 0 Å². The minimum Gasteiger partial charge on any atom is -0.478 e. The number of hydrogen-bond donors (Lipinski definition) is 1. The molecule has 0 bridgehead atoms. The van der Waals surface area contributed by atoms with Crippen LogP contribution in [0.2, 0.25) is 0 Å². The van der Waals surface area contributed by atoms with E-state index in [0.717, 1.165) is 28.7 Å². The molecule has 0 aliphatic heterocycles. The van der Waals surface area contributed by atoms with E-state index in [2.05, 4.69) is 4.98 Å². The molecule has 0 spiro atoms. The van der Waals surface area contributed by atoms with Crippen LogP contribution in [0.4, 0.5) is 0 Å². The monoisotopic (exact) mass is 289 g/mol. The van der Waals surface area contributed by atoms with Crippen molar-refractivity contribution >= 4 is 23.3 Å². The molecule has 1 aromatic heterocycles. The van der Waals surface area contributed by atoms with Gasteiger partial charge in [-0.1, -0.05) is 18.9 Å². The van der Waals surface area contributed by atoms with E-state index in [9.17, 15) is 9.90 Å². The van der Waals surface area contributed by atoms with Crippen LogP contribution in [-0.2, 0) is 4.79 Å². The van der Waals surface area contributed by atoms with Crippen LogP contribution in [0.15, 0.2) is 29.4 Å². The number of allylic oxidation sites excluding steroid dienone is 1. The van der Waals surface area contributed by atoms with Crippen molar-refractivity contribution in [2.24, 2.45) is 5.92 Å². The Morgan fingerprint density at radius 1 is 1.25 bits per heavy atom. The summed E-state index contributed by atoms with van der Waals surface area (Å²) in [6.45, 7) is 0.